The molecule has 0 amide bonds. The maximum atomic E-state index is 6.25. The molecule has 0 saturated carbocycles. The first-order valence-corrected chi connectivity index (χ1v) is 1.34. The van der Waals surface area contributed by atoms with Crippen LogP contribution in [0.25, 0.3) is 0 Å². The van der Waals surface area contributed by atoms with Gasteiger partial charge in [0, 0.05) is 0 Å². The van der Waals surface area contributed by atoms with Gasteiger partial charge in [-0.3, -0.25) is 0 Å². The molecule has 20 N–H and O–H groups in total. The fourth-order valence-corrected chi connectivity index (χ4v) is 0. The maximum Gasteiger partial charge on any atom is 6.00 e. The van der Waals surface area contributed by atoms with Crippen molar-refractivity contribution in [1.82, 2.24) is 0 Å². The number of nitrogens with zero attached hydrogens (tertiary/aromatic N) is 6. The van der Waals surface area contributed by atoms with Crippen LogP contribution in [0.15, 0.2) is 0 Å². The van der Waals surface area contributed by atoms with E-state index in [-0.39, 0.29) is 283 Å². The summed E-state index contributed by atoms with van der Waals surface area (Å²) >= 11 is 0. The average molecular weight is 553 g/mol. The average Bonchev–Trinajstić information content (AvgIpc) is 2.33. The SMILES string of the molecule is O.O.O.O.O.O.O.O.O.O.[C-]#N.[C-]#N.[C-]#N.[C-]#N.[C-]#N.[C-]#N.[Fe+6].[H-].[H-].[H-].[H-].[K+].[K+].[K+].[K+]. The molecule has 0 aliphatic heterocycles. The van der Waals surface area contributed by atoms with Crippen molar-refractivity contribution >= 4 is 0 Å². The van der Waals surface area contributed by atoms with E-state index in [1.54, 1.807) is 0 Å². The molecule has 0 saturated heterocycles. The summed E-state index contributed by atoms with van der Waals surface area (Å²) < 4.78 is 0. The Labute approximate surface area is 345 Å². The van der Waals surface area contributed by atoms with Crippen molar-refractivity contribution in [2.24, 2.45) is 0 Å². The van der Waals surface area contributed by atoms with Gasteiger partial charge in [0.15, 0.2) is 0 Å². The van der Waals surface area contributed by atoms with Crippen LogP contribution in [-0.2, 0) is 17.1 Å². The normalized spacial score (nSPS) is 0.444. The molecule has 0 aliphatic carbocycles. The predicted molar refractivity (Wildman–Crippen MR) is 70.4 cm³/mol. The first kappa shape index (κ1) is 291. The Morgan fingerprint density at radius 2 is 0.259 bits per heavy atom. The second kappa shape index (κ2) is 1860. The van der Waals surface area contributed by atoms with E-state index in [9.17, 15) is 0 Å². The minimum absolute atomic E-state index is 0. The number of hydrogen-bond acceptors (Lipinski definition) is 6. The second-order valence-electron chi connectivity index (χ2n) is 0. The van der Waals surface area contributed by atoms with Crippen LogP contribution in [0.4, 0.5) is 0 Å². The van der Waals surface area contributed by atoms with E-state index in [1.165, 1.54) is 0 Å². The summed E-state index contributed by atoms with van der Waals surface area (Å²) in [6.45, 7) is 28.5. The molecule has 0 unspecified atom stereocenters. The Morgan fingerprint density at radius 1 is 0.259 bits per heavy atom. The molecule has 0 spiro atoms. The summed E-state index contributed by atoms with van der Waals surface area (Å²) in [5.41, 5.74) is 0. The molecule has 21 heteroatoms. The van der Waals surface area contributed by atoms with E-state index in [0.29, 0.717) is 0 Å². The molecule has 0 bridgehead atoms. The van der Waals surface area contributed by atoms with Crippen molar-refractivity contribution in [3.05, 3.63) is 39.4 Å². The van der Waals surface area contributed by atoms with Crippen molar-refractivity contribution in [1.29, 1.82) is 31.6 Å². The van der Waals surface area contributed by atoms with Crippen molar-refractivity contribution in [3.63, 3.8) is 0 Å². The van der Waals surface area contributed by atoms with E-state index < -0.39 is 0 Å². The molecule has 0 fully saturated rings. The van der Waals surface area contributed by atoms with Gasteiger partial charge in [0.1, 0.15) is 0 Å². The largest absolute Gasteiger partial charge is 6.00 e. The Morgan fingerprint density at radius 3 is 0.259 bits per heavy atom. The molecular weight excluding hydrogens is 528 g/mol. The van der Waals surface area contributed by atoms with Crippen LogP contribution in [0.3, 0.4) is 0 Å². The molecule has 150 valence electrons. The van der Waals surface area contributed by atoms with Crippen molar-refractivity contribution in [2.45, 2.75) is 0 Å². The zero-order chi connectivity index (χ0) is 12.0. The van der Waals surface area contributed by atoms with Gasteiger partial charge in [0.25, 0.3) is 0 Å². The van der Waals surface area contributed by atoms with Gasteiger partial charge < -0.3 is 131 Å². The van der Waals surface area contributed by atoms with Gasteiger partial charge in [0.2, 0.25) is 0 Å². The number of hydrogen-bond donors (Lipinski definition) is 0. The van der Waals surface area contributed by atoms with Gasteiger partial charge in [-0.05, 0) is 0 Å². The quantitative estimate of drug-likeness (QED) is 0.207. The Balaban J connectivity index is -0.000000000540. The van der Waals surface area contributed by atoms with Gasteiger partial charge in [-0.1, -0.05) is 0 Å². The standard InChI is InChI=1S/6CN.Fe.4K.10H2O.4H/c6*1-2;;;;;;;;;;;;;;;;;;;/h;;;;;;;;;;;10*1H2;;;;/q6*-1;+6;4*+1;;;;;;;;;;;4*-1. The van der Waals surface area contributed by atoms with E-state index in [2.05, 4.69) is 0 Å². The van der Waals surface area contributed by atoms with Gasteiger partial charge in [-0.15, -0.1) is 0 Å². The van der Waals surface area contributed by atoms with E-state index >= 15 is 0 Å². The monoisotopic (exact) mass is 552 g/mol. The number of rotatable bonds is 0. The van der Waals surface area contributed by atoms with Gasteiger partial charge >= 0.3 is 223 Å². The maximum absolute atomic E-state index is 6.25. The zero-order valence-corrected chi connectivity index (χ0v) is 28.6. The van der Waals surface area contributed by atoms with E-state index in [0.717, 1.165) is 0 Å². The van der Waals surface area contributed by atoms with Crippen LogP contribution in [0.2, 0.25) is 0 Å². The minimum atomic E-state index is 0. The van der Waals surface area contributed by atoms with Crippen molar-refractivity contribution in [3.8, 4) is 0 Å². The third kappa shape index (κ3) is 1740. The van der Waals surface area contributed by atoms with Crippen LogP contribution in [-0.4, -0.2) is 54.8 Å². The third-order valence-corrected chi connectivity index (χ3v) is 0. The molecule has 27 heavy (non-hydrogen) atoms. The Kier molecular flexibility index (Phi) is 20100. The van der Waals surface area contributed by atoms with Gasteiger partial charge in [-0.2, -0.15) is 0 Å². The fourth-order valence-electron chi connectivity index (χ4n) is 0. The zero-order valence-electron chi connectivity index (χ0n) is 19.0. The second-order valence-corrected chi connectivity index (χ2v) is 0. The third-order valence-electron chi connectivity index (χ3n) is 0. The van der Waals surface area contributed by atoms with Gasteiger partial charge in [0.05, 0.1) is 0 Å². The fraction of sp³-hybridized carbons (Fsp3) is 0. The molecular formula is C6H24FeK4N6O10. The molecule has 0 aromatic heterocycles. The van der Waals surface area contributed by atoms with Crippen LogP contribution in [0.1, 0.15) is 5.71 Å². The molecule has 0 radical (unpaired) electrons. The Bertz CT molecular complexity index is 148. The van der Waals surface area contributed by atoms with Crippen molar-refractivity contribution in [2.75, 3.05) is 0 Å². The first-order valence-electron chi connectivity index (χ1n) is 1.34. The first-order chi connectivity index (χ1) is 6.00. The Hall–Kier alpha value is 3.60. The molecule has 0 aliphatic rings. The molecule has 0 atom stereocenters. The summed E-state index contributed by atoms with van der Waals surface area (Å²) in [6.07, 6.45) is 0. The van der Waals surface area contributed by atoms with Crippen LogP contribution >= 0.6 is 0 Å². The van der Waals surface area contributed by atoms with Crippen LogP contribution < -0.4 is 206 Å². The van der Waals surface area contributed by atoms with Crippen molar-refractivity contribution < 1.29 is 283 Å². The van der Waals surface area contributed by atoms with E-state index in [1.807, 2.05) is 0 Å². The molecule has 0 heterocycles. The summed E-state index contributed by atoms with van der Waals surface area (Å²) in [5.74, 6) is 0. The van der Waals surface area contributed by atoms with Crippen LogP contribution in [0.5, 0.6) is 0 Å². The summed E-state index contributed by atoms with van der Waals surface area (Å²) in [5, 5.41) is 37.5. The smallest absolute Gasteiger partial charge is 1.00 e. The molecule has 16 nitrogen and oxygen atoms in total. The van der Waals surface area contributed by atoms with E-state index in [4.69, 9.17) is 71.0 Å². The summed E-state index contributed by atoms with van der Waals surface area (Å²) in [4.78, 5) is 0. The summed E-state index contributed by atoms with van der Waals surface area (Å²) in [7, 11) is 0. The topological polar surface area (TPSA) is 458 Å². The van der Waals surface area contributed by atoms with Crippen LogP contribution in [0, 0.1) is 71.0 Å². The molecule has 0 aromatic rings. The predicted octanol–water partition coefficient (Wildman–Crippen LogP) is -19.2. The molecule has 0 rings (SSSR count). The minimum Gasteiger partial charge on any atom is -1.00 e. The van der Waals surface area contributed by atoms with Gasteiger partial charge in [-0.25, -0.2) is 0 Å². The molecule has 0 aromatic carbocycles. The summed E-state index contributed by atoms with van der Waals surface area (Å²) in [6, 6.07) is 0.